The van der Waals surface area contributed by atoms with E-state index in [4.69, 9.17) is 14.2 Å². The van der Waals surface area contributed by atoms with Crippen LogP contribution in [-0.4, -0.2) is 59.3 Å². The second kappa shape index (κ2) is 11.4. The molecule has 0 radical (unpaired) electrons. The molecule has 40 heavy (non-hydrogen) atoms. The van der Waals surface area contributed by atoms with Crippen molar-refractivity contribution in [2.24, 2.45) is 0 Å². The minimum absolute atomic E-state index is 0.142. The van der Waals surface area contributed by atoms with Crippen molar-refractivity contribution in [1.82, 2.24) is 0 Å². The molecular formula is C33H42NO6+. The third-order valence-electron chi connectivity index (χ3n) is 8.90. The number of benzene rings is 2. The van der Waals surface area contributed by atoms with Crippen molar-refractivity contribution in [3.63, 3.8) is 0 Å². The Labute approximate surface area is 237 Å². The van der Waals surface area contributed by atoms with E-state index in [0.29, 0.717) is 23.2 Å². The molecular weight excluding hydrogens is 506 g/mol. The first-order chi connectivity index (χ1) is 19.1. The molecule has 7 nitrogen and oxygen atoms in total. The summed E-state index contributed by atoms with van der Waals surface area (Å²) in [5.41, 5.74) is -1.42. The summed E-state index contributed by atoms with van der Waals surface area (Å²) in [6.07, 6.45) is 6.03. The third kappa shape index (κ3) is 5.67. The number of quaternary nitrogens is 1. The van der Waals surface area contributed by atoms with Gasteiger partial charge in [-0.25, -0.2) is 4.79 Å². The van der Waals surface area contributed by atoms with E-state index in [0.717, 1.165) is 12.8 Å². The monoisotopic (exact) mass is 548 g/mol. The molecule has 0 aliphatic carbocycles. The smallest absolute Gasteiger partial charge is 0.360 e. The molecule has 0 aromatic heterocycles. The van der Waals surface area contributed by atoms with Crippen molar-refractivity contribution in [3.8, 4) is 0 Å². The zero-order chi connectivity index (χ0) is 28.4. The Morgan fingerprint density at radius 1 is 0.750 bits per heavy atom. The minimum atomic E-state index is -1.79. The lowest BCUT2D eigenvalue weighted by Crippen LogP contribution is -2.60. The first-order valence-electron chi connectivity index (χ1n) is 14.7. The lowest BCUT2D eigenvalue weighted by atomic mass is 9.85. The van der Waals surface area contributed by atoms with Gasteiger partial charge in [0.2, 0.25) is 0 Å². The summed E-state index contributed by atoms with van der Waals surface area (Å²) in [5, 5.41) is 0. The molecule has 0 saturated carbocycles. The van der Waals surface area contributed by atoms with Gasteiger partial charge in [0.15, 0.2) is 0 Å². The average molecular weight is 549 g/mol. The largest absolute Gasteiger partial charge is 0.460 e. The van der Waals surface area contributed by atoms with Gasteiger partial charge in [-0.1, -0.05) is 60.7 Å². The number of nitrogens with zero attached hydrogens (tertiary/aromatic N) is 1. The van der Waals surface area contributed by atoms with Crippen LogP contribution < -0.4 is 0 Å². The van der Waals surface area contributed by atoms with Crippen molar-refractivity contribution in [1.29, 1.82) is 0 Å². The Morgan fingerprint density at radius 2 is 1.23 bits per heavy atom. The highest BCUT2D eigenvalue weighted by Gasteiger charge is 2.57. The van der Waals surface area contributed by atoms with Gasteiger partial charge < -0.3 is 18.7 Å². The quantitative estimate of drug-likeness (QED) is 0.248. The van der Waals surface area contributed by atoms with E-state index in [1.165, 1.54) is 43.3 Å². The fraction of sp³-hybridized carbons (Fsp3) is 0.545. The highest BCUT2D eigenvalue weighted by Crippen LogP contribution is 2.47. The van der Waals surface area contributed by atoms with Gasteiger partial charge in [-0.15, -0.1) is 0 Å². The predicted molar refractivity (Wildman–Crippen MR) is 150 cm³/mol. The summed E-state index contributed by atoms with van der Waals surface area (Å²) in [6, 6.07) is 19.2. The van der Waals surface area contributed by atoms with E-state index in [9.17, 15) is 14.4 Å². The number of hydrogen-bond donors (Lipinski definition) is 0. The van der Waals surface area contributed by atoms with Gasteiger partial charge in [-0.2, -0.15) is 0 Å². The Morgan fingerprint density at radius 3 is 1.70 bits per heavy atom. The summed E-state index contributed by atoms with van der Waals surface area (Å²) >= 11 is 0. The molecule has 2 unspecified atom stereocenters. The van der Waals surface area contributed by atoms with E-state index >= 15 is 0 Å². The predicted octanol–water partition coefficient (Wildman–Crippen LogP) is 5.44. The average Bonchev–Trinajstić information content (AvgIpc) is 3.47. The molecule has 3 heterocycles. The molecule has 5 rings (SSSR count). The topological polar surface area (TPSA) is 78.9 Å². The normalized spacial score (nSPS) is 23.5. The van der Waals surface area contributed by atoms with Gasteiger partial charge in [-0.05, 0) is 20.8 Å². The van der Waals surface area contributed by atoms with Crippen molar-refractivity contribution in [3.05, 3.63) is 71.8 Å². The van der Waals surface area contributed by atoms with Crippen molar-refractivity contribution in [2.75, 3.05) is 13.1 Å². The van der Waals surface area contributed by atoms with Gasteiger partial charge >= 0.3 is 17.9 Å². The van der Waals surface area contributed by atoms with Crippen molar-refractivity contribution < 1.29 is 33.1 Å². The van der Waals surface area contributed by atoms with E-state index in [-0.39, 0.29) is 18.9 Å². The van der Waals surface area contributed by atoms with Crippen molar-refractivity contribution >= 4 is 17.9 Å². The fourth-order valence-corrected chi connectivity index (χ4v) is 7.27. The van der Waals surface area contributed by atoms with Crippen LogP contribution >= 0.6 is 0 Å². The second-order valence-electron chi connectivity index (χ2n) is 12.6. The number of ether oxygens (including phenoxy) is 3. The Balaban J connectivity index is 1.41. The number of esters is 3. The summed E-state index contributed by atoms with van der Waals surface area (Å²) in [6.45, 7) is 7.81. The maximum absolute atomic E-state index is 14.3. The number of hydrogen-bond acceptors (Lipinski definition) is 6. The molecule has 0 amide bonds. The highest BCUT2D eigenvalue weighted by molar-refractivity contribution is 5.89. The second-order valence-corrected chi connectivity index (χ2v) is 12.6. The lowest BCUT2D eigenvalue weighted by molar-refractivity contribution is -0.956. The minimum Gasteiger partial charge on any atom is -0.460 e. The highest BCUT2D eigenvalue weighted by atomic mass is 16.6. The standard InChI is InChI=1S/C33H42NO6/c1-32(2,3)39-29(35)18-19-30(36)40-33(24-12-6-4-7-13-24,25-14-8-5-9-15-25)31(37)38-28-22-26-16-17-27(23-28)34(26)20-10-11-21-34/h4-9,12-15,26-28H,10-11,16-23H2,1-3H3/q+1. The Bertz CT molecular complexity index is 1140. The van der Waals surface area contributed by atoms with Crippen LogP contribution in [-0.2, 0) is 34.2 Å². The SMILES string of the molecule is CC(C)(C)OC(=O)CCC(=O)OC(C(=O)OC1CC2CCC(C1)[N+]21CCCC1)(c1ccccc1)c1ccccc1. The number of carbonyl (C=O) groups is 3. The van der Waals surface area contributed by atoms with Crippen LogP contribution in [0.25, 0.3) is 0 Å². The molecule has 1 spiro atoms. The molecule has 3 aliphatic rings. The van der Waals surface area contributed by atoms with E-state index in [1.54, 1.807) is 45.0 Å². The summed E-state index contributed by atoms with van der Waals surface area (Å²) in [4.78, 5) is 40.0. The molecule has 214 valence electrons. The number of piperidine rings is 1. The zero-order valence-corrected chi connectivity index (χ0v) is 24.0. The van der Waals surface area contributed by atoms with Crippen LogP contribution in [0, 0.1) is 0 Å². The molecule has 0 N–H and O–H groups in total. The molecule has 3 saturated heterocycles. The van der Waals surface area contributed by atoms with Crippen LogP contribution in [0.3, 0.4) is 0 Å². The molecule has 2 aromatic rings. The van der Waals surface area contributed by atoms with Crippen LogP contribution in [0.2, 0.25) is 0 Å². The first-order valence-corrected chi connectivity index (χ1v) is 14.7. The maximum atomic E-state index is 14.3. The van der Waals surface area contributed by atoms with Crippen LogP contribution in [0.1, 0.15) is 83.3 Å². The number of carbonyl (C=O) groups excluding carboxylic acids is 3. The van der Waals surface area contributed by atoms with Crippen LogP contribution in [0.15, 0.2) is 60.7 Å². The van der Waals surface area contributed by atoms with Crippen molar-refractivity contribution in [2.45, 2.75) is 102 Å². The summed E-state index contributed by atoms with van der Waals surface area (Å²) in [7, 11) is 0. The van der Waals surface area contributed by atoms with Gasteiger partial charge in [0.05, 0.1) is 38.0 Å². The molecule has 2 atom stereocenters. The molecule has 3 aliphatic heterocycles. The number of rotatable bonds is 8. The maximum Gasteiger partial charge on any atom is 0.360 e. The Hall–Kier alpha value is -3.19. The van der Waals surface area contributed by atoms with Crippen LogP contribution in [0.5, 0.6) is 0 Å². The van der Waals surface area contributed by atoms with Gasteiger partial charge in [0.1, 0.15) is 11.7 Å². The Kier molecular flexibility index (Phi) is 8.05. The van der Waals surface area contributed by atoms with Gasteiger partial charge in [0.25, 0.3) is 5.60 Å². The summed E-state index contributed by atoms with van der Waals surface area (Å²) < 4.78 is 19.0. The zero-order valence-electron chi connectivity index (χ0n) is 24.0. The molecule has 2 bridgehead atoms. The third-order valence-corrected chi connectivity index (χ3v) is 8.90. The molecule has 3 fully saturated rings. The van der Waals surface area contributed by atoms with Gasteiger partial charge in [-0.3, -0.25) is 9.59 Å². The van der Waals surface area contributed by atoms with E-state index in [1.807, 2.05) is 36.4 Å². The van der Waals surface area contributed by atoms with E-state index < -0.39 is 29.1 Å². The lowest BCUT2D eigenvalue weighted by Gasteiger charge is -2.47. The first kappa shape index (κ1) is 28.3. The molecule has 7 heteroatoms. The molecule has 2 aromatic carbocycles. The van der Waals surface area contributed by atoms with E-state index in [2.05, 4.69) is 0 Å². The summed E-state index contributed by atoms with van der Waals surface area (Å²) in [5.74, 6) is -1.75. The van der Waals surface area contributed by atoms with Gasteiger partial charge in [0, 0.05) is 49.7 Å². The fourth-order valence-electron chi connectivity index (χ4n) is 7.27. The van der Waals surface area contributed by atoms with Crippen LogP contribution in [0.4, 0.5) is 0 Å².